The van der Waals surface area contributed by atoms with E-state index in [9.17, 15) is 0 Å². The van der Waals surface area contributed by atoms with E-state index in [2.05, 4.69) is 45.0 Å². The average Bonchev–Trinajstić information content (AvgIpc) is 2.28. The lowest BCUT2D eigenvalue weighted by atomic mass is 10.3. The van der Waals surface area contributed by atoms with E-state index in [1.165, 1.54) is 0 Å². The molecule has 0 aliphatic heterocycles. The number of aromatic nitrogens is 1. The van der Waals surface area contributed by atoms with E-state index >= 15 is 0 Å². The molecule has 6 heteroatoms. The Morgan fingerprint density at radius 3 is 2.53 bits per heavy atom. The first-order chi connectivity index (χ1) is 7.69. The van der Waals surface area contributed by atoms with Crippen molar-refractivity contribution >= 4 is 39.7 Å². The van der Waals surface area contributed by atoms with Crippen LogP contribution < -0.4 is 11.1 Å². The smallest absolute Gasteiger partial charge is 0.0750 e. The molecule has 3 N–H and O–H groups in total. The number of hydrogen-bond donors (Lipinski definition) is 2. The third kappa shape index (κ3) is 5.10. The van der Waals surface area contributed by atoms with Crippen molar-refractivity contribution in [3.05, 3.63) is 16.9 Å². The lowest BCUT2D eigenvalue weighted by Crippen LogP contribution is -2.28. The summed E-state index contributed by atoms with van der Waals surface area (Å²) in [6.45, 7) is 8.38. The second-order valence-corrected chi connectivity index (χ2v) is 4.39. The number of pyridine rings is 1. The first kappa shape index (κ1) is 16.5. The van der Waals surface area contributed by atoms with Crippen LogP contribution in [-0.2, 0) is 0 Å². The Balaban J connectivity index is 0.00000256. The highest BCUT2D eigenvalue weighted by Gasteiger charge is 2.04. The van der Waals surface area contributed by atoms with Gasteiger partial charge in [0.2, 0.25) is 0 Å². The number of nitrogens with one attached hydrogen (secondary N) is 1. The van der Waals surface area contributed by atoms with Crippen LogP contribution in [0.4, 0.5) is 11.4 Å². The molecule has 0 aliphatic rings. The molecule has 0 amide bonds. The highest BCUT2D eigenvalue weighted by molar-refractivity contribution is 9.10. The normalized spacial score (nSPS) is 10.1. The maximum absolute atomic E-state index is 5.83. The van der Waals surface area contributed by atoms with E-state index in [0.717, 1.165) is 36.3 Å². The summed E-state index contributed by atoms with van der Waals surface area (Å²) in [4.78, 5) is 6.36. The average molecular weight is 324 g/mol. The molecule has 17 heavy (non-hydrogen) atoms. The summed E-state index contributed by atoms with van der Waals surface area (Å²) in [6, 6.07) is 0. The SMILES string of the molecule is CCN(CC)CCNc1c(N)cncc1Br.Cl. The number of nitrogens with two attached hydrogens (primary N) is 1. The lowest BCUT2D eigenvalue weighted by Gasteiger charge is -2.19. The van der Waals surface area contributed by atoms with Gasteiger partial charge < -0.3 is 16.0 Å². The topological polar surface area (TPSA) is 54.2 Å². The Labute approximate surface area is 118 Å². The van der Waals surface area contributed by atoms with Gasteiger partial charge in [0.15, 0.2) is 0 Å². The monoisotopic (exact) mass is 322 g/mol. The van der Waals surface area contributed by atoms with Crippen molar-refractivity contribution in [2.45, 2.75) is 13.8 Å². The highest BCUT2D eigenvalue weighted by atomic mass is 79.9. The second kappa shape index (κ2) is 8.55. The first-order valence-electron chi connectivity index (χ1n) is 5.54. The van der Waals surface area contributed by atoms with E-state index in [0.29, 0.717) is 5.69 Å². The van der Waals surface area contributed by atoms with E-state index < -0.39 is 0 Å². The fourth-order valence-corrected chi connectivity index (χ4v) is 2.00. The van der Waals surface area contributed by atoms with E-state index in [1.54, 1.807) is 12.4 Å². The van der Waals surface area contributed by atoms with Crippen LogP contribution in [-0.4, -0.2) is 36.1 Å². The molecule has 0 bridgehead atoms. The van der Waals surface area contributed by atoms with E-state index in [4.69, 9.17) is 5.73 Å². The van der Waals surface area contributed by atoms with Gasteiger partial charge in [-0.25, -0.2) is 0 Å². The van der Waals surface area contributed by atoms with Crippen LogP contribution in [0.25, 0.3) is 0 Å². The third-order valence-corrected chi connectivity index (χ3v) is 3.15. The van der Waals surface area contributed by atoms with Gasteiger partial charge in [-0.1, -0.05) is 13.8 Å². The van der Waals surface area contributed by atoms with Gasteiger partial charge in [0.1, 0.15) is 0 Å². The van der Waals surface area contributed by atoms with Gasteiger partial charge in [0, 0.05) is 19.3 Å². The Morgan fingerprint density at radius 1 is 1.35 bits per heavy atom. The lowest BCUT2D eigenvalue weighted by molar-refractivity contribution is 0.316. The summed E-state index contributed by atoms with van der Waals surface area (Å²) in [7, 11) is 0. The van der Waals surface area contributed by atoms with Crippen molar-refractivity contribution in [2.24, 2.45) is 0 Å². The summed E-state index contributed by atoms with van der Waals surface area (Å²) in [6.07, 6.45) is 3.40. The largest absolute Gasteiger partial charge is 0.396 e. The number of nitrogen functional groups attached to an aromatic ring is 1. The summed E-state index contributed by atoms with van der Waals surface area (Å²) in [5.74, 6) is 0. The number of nitrogens with zero attached hydrogens (tertiary/aromatic N) is 2. The standard InChI is InChI=1S/C11H19BrN4.ClH/c1-3-16(4-2)6-5-15-11-9(12)7-14-8-10(11)13;/h7-8H,3-6,13H2,1-2H3,(H,14,15);1H. The molecule has 1 rings (SSSR count). The van der Waals surface area contributed by atoms with Gasteiger partial charge >= 0.3 is 0 Å². The molecule has 0 saturated heterocycles. The molecule has 0 aliphatic carbocycles. The predicted molar refractivity (Wildman–Crippen MR) is 79.9 cm³/mol. The van der Waals surface area contributed by atoms with Crippen LogP contribution in [0, 0.1) is 0 Å². The third-order valence-electron chi connectivity index (χ3n) is 2.55. The number of rotatable bonds is 6. The summed E-state index contributed by atoms with van der Waals surface area (Å²) < 4.78 is 0.909. The van der Waals surface area contributed by atoms with Crippen LogP contribution >= 0.6 is 28.3 Å². The van der Waals surface area contributed by atoms with Crippen LogP contribution in [0.1, 0.15) is 13.8 Å². The molecule has 0 fully saturated rings. The first-order valence-corrected chi connectivity index (χ1v) is 6.33. The molecule has 98 valence electrons. The molecular formula is C11H20BrClN4. The van der Waals surface area contributed by atoms with Crippen LogP contribution in [0.5, 0.6) is 0 Å². The molecule has 4 nitrogen and oxygen atoms in total. The summed E-state index contributed by atoms with van der Waals surface area (Å²) in [5, 5.41) is 3.33. The van der Waals surface area contributed by atoms with Gasteiger partial charge in [0.25, 0.3) is 0 Å². The van der Waals surface area contributed by atoms with Crippen LogP contribution in [0.3, 0.4) is 0 Å². The van der Waals surface area contributed by atoms with Crippen LogP contribution in [0.15, 0.2) is 16.9 Å². The zero-order chi connectivity index (χ0) is 12.0. The van der Waals surface area contributed by atoms with Crippen LogP contribution in [0.2, 0.25) is 0 Å². The molecule has 0 unspecified atom stereocenters. The van der Waals surface area contributed by atoms with Gasteiger partial charge in [-0.15, -0.1) is 12.4 Å². The molecule has 0 aromatic carbocycles. The molecule has 0 atom stereocenters. The van der Waals surface area contributed by atoms with Gasteiger partial charge in [0.05, 0.1) is 22.0 Å². The van der Waals surface area contributed by atoms with Gasteiger partial charge in [-0.05, 0) is 29.0 Å². The molecule has 0 spiro atoms. The number of likely N-dealkylation sites (N-methyl/N-ethyl adjacent to an activating group) is 1. The molecular weight excluding hydrogens is 304 g/mol. The molecule has 1 aromatic heterocycles. The highest BCUT2D eigenvalue weighted by Crippen LogP contribution is 2.26. The zero-order valence-corrected chi connectivity index (χ0v) is 12.6. The van der Waals surface area contributed by atoms with Crippen molar-refractivity contribution < 1.29 is 0 Å². The fourth-order valence-electron chi connectivity index (χ4n) is 1.52. The minimum absolute atomic E-state index is 0. The molecule has 1 aromatic rings. The molecule has 0 saturated carbocycles. The Morgan fingerprint density at radius 2 is 2.00 bits per heavy atom. The second-order valence-electron chi connectivity index (χ2n) is 3.54. The Bertz CT molecular complexity index is 311. The number of anilines is 2. The van der Waals surface area contributed by atoms with Crippen molar-refractivity contribution in [1.82, 2.24) is 9.88 Å². The number of hydrogen-bond acceptors (Lipinski definition) is 4. The fraction of sp³-hybridized carbons (Fsp3) is 0.545. The van der Waals surface area contributed by atoms with Crippen molar-refractivity contribution in [1.29, 1.82) is 0 Å². The minimum atomic E-state index is 0. The minimum Gasteiger partial charge on any atom is -0.396 e. The Hall–Kier alpha value is -0.520. The quantitative estimate of drug-likeness (QED) is 0.845. The van der Waals surface area contributed by atoms with E-state index in [-0.39, 0.29) is 12.4 Å². The summed E-state index contributed by atoms with van der Waals surface area (Å²) in [5.41, 5.74) is 7.44. The molecule has 1 heterocycles. The predicted octanol–water partition coefficient (Wildman–Crippen LogP) is 2.60. The molecule has 0 radical (unpaired) electrons. The zero-order valence-electron chi connectivity index (χ0n) is 10.2. The number of halogens is 2. The van der Waals surface area contributed by atoms with E-state index in [1.807, 2.05) is 0 Å². The maximum atomic E-state index is 5.83. The van der Waals surface area contributed by atoms with Crippen molar-refractivity contribution in [2.75, 3.05) is 37.2 Å². The van der Waals surface area contributed by atoms with Gasteiger partial charge in [-0.3, -0.25) is 4.98 Å². The van der Waals surface area contributed by atoms with Crippen molar-refractivity contribution in [3.8, 4) is 0 Å². The summed E-state index contributed by atoms with van der Waals surface area (Å²) >= 11 is 3.43. The Kier molecular flexibility index (Phi) is 8.29. The van der Waals surface area contributed by atoms with Crippen molar-refractivity contribution in [3.63, 3.8) is 0 Å². The maximum Gasteiger partial charge on any atom is 0.0750 e. The van der Waals surface area contributed by atoms with Gasteiger partial charge in [-0.2, -0.15) is 0 Å².